The normalized spacial score (nSPS) is 14.4. The van der Waals surface area contributed by atoms with Gasteiger partial charge in [0.25, 0.3) is 11.7 Å². The molecule has 1 aromatic rings. The minimum absolute atomic E-state index is 0.0693. The molecule has 1 aliphatic heterocycles. The van der Waals surface area contributed by atoms with E-state index in [1.807, 2.05) is 0 Å². The maximum absolute atomic E-state index is 13.2. The van der Waals surface area contributed by atoms with Gasteiger partial charge in [-0.2, -0.15) is 0 Å². The number of halogens is 2. The van der Waals surface area contributed by atoms with Gasteiger partial charge >= 0.3 is 0 Å². The fraction of sp³-hybridized carbons (Fsp3) is 0.273. The van der Waals surface area contributed by atoms with Crippen molar-refractivity contribution in [1.82, 2.24) is 0 Å². The molecule has 1 heterocycles. The number of hydrogen-bond donors (Lipinski definition) is 1. The molecule has 0 aromatic heterocycles. The van der Waals surface area contributed by atoms with Gasteiger partial charge in [-0.05, 0) is 34.5 Å². The highest BCUT2D eigenvalue weighted by atomic mass is 79.9. The van der Waals surface area contributed by atoms with Crippen LogP contribution in [0.25, 0.3) is 0 Å². The first-order chi connectivity index (χ1) is 8.06. The molecule has 0 saturated heterocycles. The van der Waals surface area contributed by atoms with Crippen molar-refractivity contribution in [1.29, 1.82) is 0 Å². The third kappa shape index (κ3) is 1.98. The van der Waals surface area contributed by atoms with E-state index >= 15 is 0 Å². The van der Waals surface area contributed by atoms with Crippen LogP contribution in [0.1, 0.15) is 16.8 Å². The Kier molecular flexibility index (Phi) is 3.26. The molecule has 4 nitrogen and oxygen atoms in total. The Morgan fingerprint density at radius 3 is 2.71 bits per heavy atom. The molecule has 0 fully saturated rings. The average Bonchev–Trinajstić information content (AvgIpc) is 2.51. The van der Waals surface area contributed by atoms with Crippen LogP contribution in [0, 0.1) is 5.82 Å². The third-order valence-electron chi connectivity index (χ3n) is 2.52. The maximum atomic E-state index is 13.2. The van der Waals surface area contributed by atoms with Crippen molar-refractivity contribution in [2.45, 2.75) is 6.42 Å². The van der Waals surface area contributed by atoms with Gasteiger partial charge in [0.2, 0.25) is 0 Å². The number of aliphatic hydroxyl groups is 1. The van der Waals surface area contributed by atoms with E-state index in [1.165, 1.54) is 11.0 Å². The van der Waals surface area contributed by atoms with Gasteiger partial charge in [-0.25, -0.2) is 4.39 Å². The summed E-state index contributed by atoms with van der Waals surface area (Å²) in [4.78, 5) is 24.6. The van der Waals surface area contributed by atoms with Crippen LogP contribution < -0.4 is 4.90 Å². The number of aliphatic hydroxyl groups excluding tert-OH is 1. The first kappa shape index (κ1) is 12.2. The Labute approximate surface area is 105 Å². The number of nitrogens with zero attached hydrogens (tertiary/aromatic N) is 1. The molecule has 6 heteroatoms. The van der Waals surface area contributed by atoms with Crippen molar-refractivity contribution in [3.05, 3.63) is 28.0 Å². The summed E-state index contributed by atoms with van der Waals surface area (Å²) in [5.74, 6) is -1.96. The third-order valence-corrected chi connectivity index (χ3v) is 3.13. The molecule has 0 saturated carbocycles. The molecule has 90 valence electrons. The minimum Gasteiger partial charge on any atom is -0.396 e. The molecule has 0 unspecified atom stereocenters. The standard InChI is InChI=1S/C11H9BrFNO3/c12-8-5-6(13)4-7-9(8)14(2-1-3-15)11(17)10(7)16/h4-5,15H,1-3H2. The zero-order valence-corrected chi connectivity index (χ0v) is 10.3. The summed E-state index contributed by atoms with van der Waals surface area (Å²) in [5.41, 5.74) is 0.453. The Hall–Kier alpha value is -1.27. The van der Waals surface area contributed by atoms with Gasteiger partial charge in [0.15, 0.2) is 0 Å². The van der Waals surface area contributed by atoms with E-state index in [0.29, 0.717) is 16.6 Å². The maximum Gasteiger partial charge on any atom is 0.299 e. The van der Waals surface area contributed by atoms with Gasteiger partial charge in [-0.3, -0.25) is 9.59 Å². The molecule has 1 aromatic carbocycles. The Morgan fingerprint density at radius 1 is 1.35 bits per heavy atom. The van der Waals surface area contributed by atoms with Crippen LogP contribution in [0.15, 0.2) is 16.6 Å². The van der Waals surface area contributed by atoms with E-state index in [9.17, 15) is 14.0 Å². The fourth-order valence-electron chi connectivity index (χ4n) is 1.79. The molecule has 0 spiro atoms. The first-order valence-electron chi connectivity index (χ1n) is 5.02. The SMILES string of the molecule is O=C1C(=O)N(CCCO)c2c(Br)cc(F)cc21. The molecule has 0 bridgehead atoms. The molecule has 0 radical (unpaired) electrons. The van der Waals surface area contributed by atoms with Gasteiger partial charge in [-0.15, -0.1) is 0 Å². The molecule has 0 aliphatic carbocycles. The number of fused-ring (bicyclic) bond motifs is 1. The monoisotopic (exact) mass is 301 g/mol. The molecule has 0 atom stereocenters. The first-order valence-corrected chi connectivity index (χ1v) is 5.81. The van der Waals surface area contributed by atoms with Crippen LogP contribution in [0.5, 0.6) is 0 Å². The zero-order chi connectivity index (χ0) is 12.6. The second kappa shape index (κ2) is 4.54. The van der Waals surface area contributed by atoms with E-state index in [4.69, 9.17) is 5.11 Å². The largest absolute Gasteiger partial charge is 0.396 e. The number of carbonyl (C=O) groups excluding carboxylic acids is 2. The van der Waals surface area contributed by atoms with Crippen LogP contribution in [0.2, 0.25) is 0 Å². The minimum atomic E-state index is -0.710. The van der Waals surface area contributed by atoms with Gasteiger partial charge < -0.3 is 10.0 Å². The van der Waals surface area contributed by atoms with E-state index in [2.05, 4.69) is 15.9 Å². The van der Waals surface area contributed by atoms with Gasteiger partial charge in [0, 0.05) is 17.6 Å². The lowest BCUT2D eigenvalue weighted by Crippen LogP contribution is -2.31. The van der Waals surface area contributed by atoms with Crippen molar-refractivity contribution in [3.63, 3.8) is 0 Å². The topological polar surface area (TPSA) is 57.6 Å². The van der Waals surface area contributed by atoms with E-state index in [1.54, 1.807) is 0 Å². The highest BCUT2D eigenvalue weighted by molar-refractivity contribution is 9.10. The highest BCUT2D eigenvalue weighted by Gasteiger charge is 2.37. The molecule has 17 heavy (non-hydrogen) atoms. The second-order valence-corrected chi connectivity index (χ2v) is 4.50. The predicted molar refractivity (Wildman–Crippen MR) is 62.5 cm³/mol. The molecule has 1 aliphatic rings. The molecule has 2 rings (SSSR count). The lowest BCUT2D eigenvalue weighted by molar-refractivity contribution is -0.114. The number of Topliss-reactive ketones (excluding diaryl/α,β-unsaturated/α-hetero) is 1. The van der Waals surface area contributed by atoms with Gasteiger partial charge in [-0.1, -0.05) is 0 Å². The molecule has 1 amide bonds. The summed E-state index contributed by atoms with van der Waals surface area (Å²) in [5, 5.41) is 8.75. The lowest BCUT2D eigenvalue weighted by atomic mass is 10.1. The van der Waals surface area contributed by atoms with Crippen LogP contribution in [-0.4, -0.2) is 29.9 Å². The summed E-state index contributed by atoms with van der Waals surface area (Å²) in [7, 11) is 0. The van der Waals surface area contributed by atoms with Gasteiger partial charge in [0.1, 0.15) is 5.82 Å². The quantitative estimate of drug-likeness (QED) is 0.861. The Balaban J connectivity index is 2.48. The molecular weight excluding hydrogens is 293 g/mol. The summed E-state index contributed by atoms with van der Waals surface area (Å²) >= 11 is 3.14. The number of anilines is 1. The van der Waals surface area contributed by atoms with Crippen LogP contribution in [0.4, 0.5) is 10.1 Å². The average molecular weight is 302 g/mol. The molecule has 1 N–H and O–H groups in total. The van der Waals surface area contributed by atoms with Crippen molar-refractivity contribution < 1.29 is 19.1 Å². The van der Waals surface area contributed by atoms with E-state index in [0.717, 1.165) is 6.07 Å². The number of benzene rings is 1. The smallest absolute Gasteiger partial charge is 0.299 e. The summed E-state index contributed by atoms with van der Waals surface area (Å²) in [6, 6.07) is 2.26. The van der Waals surface area contributed by atoms with E-state index < -0.39 is 17.5 Å². The number of ketones is 1. The Morgan fingerprint density at radius 2 is 2.06 bits per heavy atom. The highest BCUT2D eigenvalue weighted by Crippen LogP contribution is 2.36. The second-order valence-electron chi connectivity index (χ2n) is 3.65. The van der Waals surface area contributed by atoms with Crippen molar-refractivity contribution in [2.24, 2.45) is 0 Å². The number of rotatable bonds is 3. The van der Waals surface area contributed by atoms with Gasteiger partial charge in [0.05, 0.1) is 11.3 Å². The van der Waals surface area contributed by atoms with Crippen molar-refractivity contribution in [3.8, 4) is 0 Å². The molecular formula is C11H9BrFNO3. The predicted octanol–water partition coefficient (Wildman–Crippen LogP) is 1.50. The number of hydrogen-bond acceptors (Lipinski definition) is 3. The summed E-state index contributed by atoms with van der Waals surface area (Å²) < 4.78 is 13.5. The summed E-state index contributed by atoms with van der Waals surface area (Å²) in [6.07, 6.45) is 0.363. The van der Waals surface area contributed by atoms with Crippen molar-refractivity contribution in [2.75, 3.05) is 18.1 Å². The number of amides is 1. The zero-order valence-electron chi connectivity index (χ0n) is 8.74. The van der Waals surface area contributed by atoms with Crippen LogP contribution >= 0.6 is 15.9 Å². The fourth-order valence-corrected chi connectivity index (χ4v) is 2.44. The van der Waals surface area contributed by atoms with Crippen molar-refractivity contribution >= 4 is 33.3 Å². The van der Waals surface area contributed by atoms with E-state index in [-0.39, 0.29) is 18.7 Å². The number of carbonyl (C=O) groups is 2. The van der Waals surface area contributed by atoms with Crippen LogP contribution in [-0.2, 0) is 4.79 Å². The Bertz CT molecular complexity index is 504. The van der Waals surface area contributed by atoms with Crippen LogP contribution in [0.3, 0.4) is 0 Å². The summed E-state index contributed by atoms with van der Waals surface area (Å²) in [6.45, 7) is 0.157. The lowest BCUT2D eigenvalue weighted by Gasteiger charge is -2.16.